The summed E-state index contributed by atoms with van der Waals surface area (Å²) in [5.41, 5.74) is 3.12. The topological polar surface area (TPSA) is 62.5 Å². The first kappa shape index (κ1) is 16.3. The first-order valence-corrected chi connectivity index (χ1v) is 8.86. The van der Waals surface area contributed by atoms with Gasteiger partial charge in [-0.1, -0.05) is 11.2 Å². The average Bonchev–Trinajstić information content (AvgIpc) is 3.23. The van der Waals surface area contributed by atoms with Crippen LogP contribution in [0.1, 0.15) is 35.6 Å². The van der Waals surface area contributed by atoms with Crippen molar-refractivity contribution < 1.29 is 9.32 Å². The van der Waals surface area contributed by atoms with Crippen molar-refractivity contribution in [3.8, 4) is 0 Å². The van der Waals surface area contributed by atoms with Gasteiger partial charge in [-0.2, -0.15) is 0 Å². The number of carbonyl (C=O) groups excluding carboxylic acids is 1. The van der Waals surface area contributed by atoms with E-state index in [4.69, 9.17) is 4.52 Å². The smallest absolute Gasteiger partial charge is 0.223 e. The SMILES string of the molecule is Cc1noc(C)c1CN1CC2(CCN(Cc3ccccn3)C2)CC1=O. The highest BCUT2D eigenvalue weighted by molar-refractivity contribution is 5.79. The third-order valence-corrected chi connectivity index (χ3v) is 5.56. The average molecular weight is 340 g/mol. The predicted octanol–water partition coefficient (Wildman–Crippen LogP) is 2.31. The van der Waals surface area contributed by atoms with Crippen molar-refractivity contribution in [2.24, 2.45) is 5.41 Å². The highest BCUT2D eigenvalue weighted by Crippen LogP contribution is 2.41. The number of aromatic nitrogens is 2. The van der Waals surface area contributed by atoms with Crippen LogP contribution >= 0.6 is 0 Å². The van der Waals surface area contributed by atoms with E-state index in [-0.39, 0.29) is 11.3 Å². The van der Waals surface area contributed by atoms with Crippen molar-refractivity contribution in [3.63, 3.8) is 0 Å². The van der Waals surface area contributed by atoms with E-state index in [1.807, 2.05) is 37.1 Å². The number of amides is 1. The first-order valence-electron chi connectivity index (χ1n) is 8.86. The number of hydrogen-bond donors (Lipinski definition) is 0. The van der Waals surface area contributed by atoms with E-state index in [1.54, 1.807) is 0 Å². The lowest BCUT2D eigenvalue weighted by molar-refractivity contribution is -0.128. The second-order valence-electron chi connectivity index (χ2n) is 7.51. The Morgan fingerprint density at radius 3 is 2.84 bits per heavy atom. The molecule has 2 aromatic rings. The summed E-state index contributed by atoms with van der Waals surface area (Å²) in [6.45, 7) is 8.15. The van der Waals surface area contributed by atoms with Gasteiger partial charge >= 0.3 is 0 Å². The molecular formula is C19H24N4O2. The van der Waals surface area contributed by atoms with Gasteiger partial charge in [-0.3, -0.25) is 14.7 Å². The van der Waals surface area contributed by atoms with Crippen LogP contribution in [-0.4, -0.2) is 45.5 Å². The molecule has 2 aliphatic rings. The van der Waals surface area contributed by atoms with E-state index in [9.17, 15) is 4.79 Å². The Bertz CT molecular complexity index is 753. The van der Waals surface area contributed by atoms with Gasteiger partial charge in [-0.05, 0) is 38.9 Å². The molecule has 4 rings (SSSR count). The zero-order valence-corrected chi connectivity index (χ0v) is 14.9. The Morgan fingerprint density at radius 1 is 1.24 bits per heavy atom. The summed E-state index contributed by atoms with van der Waals surface area (Å²) in [5, 5.41) is 4.00. The lowest BCUT2D eigenvalue weighted by Crippen LogP contribution is -2.31. The van der Waals surface area contributed by atoms with Crippen LogP contribution in [0.25, 0.3) is 0 Å². The van der Waals surface area contributed by atoms with Gasteiger partial charge in [0, 0.05) is 43.2 Å². The second-order valence-corrected chi connectivity index (χ2v) is 7.51. The van der Waals surface area contributed by atoms with E-state index >= 15 is 0 Å². The van der Waals surface area contributed by atoms with Gasteiger partial charge in [0.25, 0.3) is 0 Å². The van der Waals surface area contributed by atoms with Gasteiger partial charge in [0.1, 0.15) is 5.76 Å². The molecule has 0 aliphatic carbocycles. The fourth-order valence-corrected chi connectivity index (χ4v) is 4.20. The molecule has 0 N–H and O–H groups in total. The Hall–Kier alpha value is -2.21. The van der Waals surface area contributed by atoms with Crippen LogP contribution in [-0.2, 0) is 17.9 Å². The monoisotopic (exact) mass is 340 g/mol. The van der Waals surface area contributed by atoms with Gasteiger partial charge in [0.2, 0.25) is 5.91 Å². The van der Waals surface area contributed by atoms with Gasteiger partial charge in [0.15, 0.2) is 0 Å². The number of nitrogens with zero attached hydrogens (tertiary/aromatic N) is 4. The molecule has 2 aromatic heterocycles. The predicted molar refractivity (Wildman–Crippen MR) is 92.6 cm³/mol. The quantitative estimate of drug-likeness (QED) is 0.855. The number of aryl methyl sites for hydroxylation is 2. The molecule has 0 aromatic carbocycles. The Labute approximate surface area is 147 Å². The van der Waals surface area contributed by atoms with Gasteiger partial charge < -0.3 is 9.42 Å². The molecule has 132 valence electrons. The maximum atomic E-state index is 12.6. The molecule has 4 heterocycles. The molecule has 1 spiro atoms. The van der Waals surface area contributed by atoms with Crippen molar-refractivity contribution >= 4 is 5.91 Å². The third-order valence-electron chi connectivity index (χ3n) is 5.56. The zero-order chi connectivity index (χ0) is 17.4. The summed E-state index contributed by atoms with van der Waals surface area (Å²) in [6.07, 6.45) is 3.56. The minimum atomic E-state index is 0.0881. The molecule has 6 heteroatoms. The fourth-order valence-electron chi connectivity index (χ4n) is 4.20. The number of hydrogen-bond acceptors (Lipinski definition) is 5. The van der Waals surface area contributed by atoms with Crippen LogP contribution in [0.4, 0.5) is 0 Å². The molecule has 1 amide bonds. The number of carbonyl (C=O) groups is 1. The van der Waals surface area contributed by atoms with E-state index < -0.39 is 0 Å². The van der Waals surface area contributed by atoms with Crippen molar-refractivity contribution in [1.29, 1.82) is 0 Å². The summed E-state index contributed by atoms with van der Waals surface area (Å²) < 4.78 is 5.24. The lowest BCUT2D eigenvalue weighted by Gasteiger charge is -2.24. The second kappa shape index (κ2) is 6.26. The zero-order valence-electron chi connectivity index (χ0n) is 14.9. The molecule has 2 saturated heterocycles. The Morgan fingerprint density at radius 2 is 2.12 bits per heavy atom. The van der Waals surface area contributed by atoms with Crippen molar-refractivity contribution in [1.82, 2.24) is 19.9 Å². The van der Waals surface area contributed by atoms with Gasteiger partial charge in [-0.15, -0.1) is 0 Å². The van der Waals surface area contributed by atoms with Crippen molar-refractivity contribution in [2.45, 2.75) is 39.8 Å². The van der Waals surface area contributed by atoms with E-state index in [1.165, 1.54) is 0 Å². The fraction of sp³-hybridized carbons (Fsp3) is 0.526. The Balaban J connectivity index is 1.42. The minimum absolute atomic E-state index is 0.0881. The third kappa shape index (κ3) is 3.18. The van der Waals surface area contributed by atoms with E-state index in [0.29, 0.717) is 13.0 Å². The summed E-state index contributed by atoms with van der Waals surface area (Å²) in [7, 11) is 0. The minimum Gasteiger partial charge on any atom is -0.361 e. The summed E-state index contributed by atoms with van der Waals surface area (Å²) in [6, 6.07) is 6.03. The molecule has 1 atom stereocenters. The maximum Gasteiger partial charge on any atom is 0.223 e. The van der Waals surface area contributed by atoms with Crippen molar-refractivity contribution in [3.05, 3.63) is 47.1 Å². The summed E-state index contributed by atoms with van der Waals surface area (Å²) in [5.74, 6) is 1.06. The normalized spacial score (nSPS) is 23.9. The highest BCUT2D eigenvalue weighted by atomic mass is 16.5. The molecule has 6 nitrogen and oxygen atoms in total. The molecular weight excluding hydrogens is 316 g/mol. The lowest BCUT2D eigenvalue weighted by atomic mass is 9.86. The molecule has 0 bridgehead atoms. The molecule has 2 fully saturated rings. The first-order chi connectivity index (χ1) is 12.0. The van der Waals surface area contributed by atoms with Crippen LogP contribution in [0, 0.1) is 19.3 Å². The van der Waals surface area contributed by atoms with Crippen LogP contribution in [0.3, 0.4) is 0 Å². The Kier molecular flexibility index (Phi) is 4.07. The van der Waals surface area contributed by atoms with Gasteiger partial charge in [-0.25, -0.2) is 0 Å². The molecule has 2 aliphatic heterocycles. The summed E-state index contributed by atoms with van der Waals surface area (Å²) >= 11 is 0. The molecule has 1 unspecified atom stereocenters. The van der Waals surface area contributed by atoms with Crippen LogP contribution in [0.15, 0.2) is 28.9 Å². The van der Waals surface area contributed by atoms with Crippen molar-refractivity contribution in [2.75, 3.05) is 19.6 Å². The van der Waals surface area contributed by atoms with E-state index in [2.05, 4.69) is 21.1 Å². The molecule has 0 radical (unpaired) electrons. The number of pyridine rings is 1. The van der Waals surface area contributed by atoms with Gasteiger partial charge in [0.05, 0.1) is 17.9 Å². The van der Waals surface area contributed by atoms with E-state index in [0.717, 1.165) is 55.3 Å². The number of rotatable bonds is 4. The maximum absolute atomic E-state index is 12.6. The molecule has 0 saturated carbocycles. The van der Waals surface area contributed by atoms with Crippen LogP contribution < -0.4 is 0 Å². The van der Waals surface area contributed by atoms with Crippen LogP contribution in [0.2, 0.25) is 0 Å². The summed E-state index contributed by atoms with van der Waals surface area (Å²) in [4.78, 5) is 21.4. The largest absolute Gasteiger partial charge is 0.361 e. The number of likely N-dealkylation sites (tertiary alicyclic amines) is 2. The van der Waals surface area contributed by atoms with Crippen LogP contribution in [0.5, 0.6) is 0 Å². The molecule has 25 heavy (non-hydrogen) atoms. The highest BCUT2D eigenvalue weighted by Gasteiger charge is 2.47. The standard InChI is InChI=1S/C19H24N4O2/c1-14-17(15(2)25-21-14)11-23-13-19(9-18(23)24)6-8-22(12-19)10-16-5-3-4-7-20-16/h3-5,7H,6,8-13H2,1-2H3.